The van der Waals surface area contributed by atoms with Crippen LogP contribution in [0.5, 0.6) is 0 Å². The molecule has 1 unspecified atom stereocenters. The lowest BCUT2D eigenvalue weighted by Crippen LogP contribution is -2.27. The van der Waals surface area contributed by atoms with Crippen LogP contribution in [0.3, 0.4) is 0 Å². The van der Waals surface area contributed by atoms with Crippen molar-refractivity contribution in [2.75, 3.05) is 0 Å². The Kier molecular flexibility index (Phi) is 4.70. The summed E-state index contributed by atoms with van der Waals surface area (Å²) >= 11 is 1.87. The molecule has 0 bridgehead atoms. The van der Waals surface area contributed by atoms with Crippen molar-refractivity contribution < 1.29 is 0 Å². The second kappa shape index (κ2) is 8.17. The summed E-state index contributed by atoms with van der Waals surface area (Å²) in [5.74, 6) is 0.373. The van der Waals surface area contributed by atoms with E-state index < -0.39 is 0 Å². The molecule has 0 spiro atoms. The van der Waals surface area contributed by atoms with E-state index in [0.717, 1.165) is 18.4 Å². The van der Waals surface area contributed by atoms with Crippen molar-refractivity contribution in [2.45, 2.75) is 25.7 Å². The zero-order valence-corrected chi connectivity index (χ0v) is 22.2. The average molecular weight is 503 g/mol. The van der Waals surface area contributed by atoms with Crippen molar-refractivity contribution in [3.8, 4) is 11.1 Å². The van der Waals surface area contributed by atoms with E-state index in [9.17, 15) is 0 Å². The van der Waals surface area contributed by atoms with Gasteiger partial charge in [0.2, 0.25) is 0 Å². The summed E-state index contributed by atoms with van der Waals surface area (Å²) in [6.45, 7) is 6.66. The van der Waals surface area contributed by atoms with E-state index in [1.54, 1.807) is 0 Å². The summed E-state index contributed by atoms with van der Waals surface area (Å²) < 4.78 is 1.35. The molecular formula is C37H26S. The van der Waals surface area contributed by atoms with E-state index in [1.807, 2.05) is 11.3 Å². The zero-order valence-electron chi connectivity index (χ0n) is 21.3. The molecule has 0 fully saturated rings. The molecule has 1 heteroatoms. The highest BCUT2D eigenvalue weighted by atomic mass is 32.1. The molecule has 180 valence electrons. The number of fused-ring (bicyclic) bond motifs is 5. The van der Waals surface area contributed by atoms with Gasteiger partial charge in [-0.15, -0.1) is 17.1 Å². The van der Waals surface area contributed by atoms with Crippen LogP contribution in [-0.4, -0.2) is 0 Å². The molecule has 0 aliphatic heterocycles. The SMILES string of the molecule is C=C1C=CC/C1=c1\ccccc1=Cc1c2c(c(-c3cccc4sc5c(c34)C=C=C5)c3c1C(C)C=C3)C=CC2. The lowest BCUT2D eigenvalue weighted by molar-refractivity contribution is 0.979. The van der Waals surface area contributed by atoms with Crippen LogP contribution in [0.25, 0.3) is 57.2 Å². The fourth-order valence-corrected chi connectivity index (χ4v) is 7.88. The van der Waals surface area contributed by atoms with Crippen molar-refractivity contribution >= 4 is 57.4 Å². The summed E-state index contributed by atoms with van der Waals surface area (Å²) in [7, 11) is 0. The number of allylic oxidation sites excluding steroid dienone is 5. The molecule has 4 aliphatic carbocycles. The molecule has 0 nitrogen and oxygen atoms in total. The van der Waals surface area contributed by atoms with E-state index in [1.165, 1.54) is 75.5 Å². The minimum absolute atomic E-state index is 0.373. The van der Waals surface area contributed by atoms with Gasteiger partial charge in [-0.1, -0.05) is 86.4 Å². The monoisotopic (exact) mass is 502 g/mol. The van der Waals surface area contributed by atoms with E-state index >= 15 is 0 Å². The Morgan fingerprint density at radius 3 is 2.71 bits per heavy atom. The topological polar surface area (TPSA) is 0 Å². The van der Waals surface area contributed by atoms with Crippen molar-refractivity contribution in [3.63, 3.8) is 0 Å². The molecule has 38 heavy (non-hydrogen) atoms. The molecule has 0 saturated carbocycles. The number of rotatable bonds is 2. The van der Waals surface area contributed by atoms with Crippen LogP contribution >= 0.6 is 11.3 Å². The average Bonchev–Trinajstić information content (AvgIpc) is 3.74. The minimum atomic E-state index is 0.373. The largest absolute Gasteiger partial charge is 0.134 e. The van der Waals surface area contributed by atoms with E-state index in [0.29, 0.717) is 5.92 Å². The third kappa shape index (κ3) is 3.04. The van der Waals surface area contributed by atoms with Crippen LogP contribution < -0.4 is 10.4 Å². The molecule has 4 aromatic rings. The second-order valence-corrected chi connectivity index (χ2v) is 11.7. The fraction of sp³-hybridized carbons (Fsp3) is 0.108. The Balaban J connectivity index is 1.46. The summed E-state index contributed by atoms with van der Waals surface area (Å²) in [5, 5.41) is 3.96. The van der Waals surface area contributed by atoms with Gasteiger partial charge < -0.3 is 0 Å². The van der Waals surface area contributed by atoms with Crippen LogP contribution in [0.2, 0.25) is 0 Å². The van der Waals surface area contributed by atoms with Gasteiger partial charge >= 0.3 is 0 Å². The molecule has 1 atom stereocenters. The van der Waals surface area contributed by atoms with Crippen molar-refractivity contribution in [1.29, 1.82) is 0 Å². The molecule has 0 N–H and O–H groups in total. The summed E-state index contributed by atoms with van der Waals surface area (Å²) in [6, 6.07) is 15.7. The first-order chi connectivity index (χ1) is 18.7. The molecule has 8 rings (SSSR count). The van der Waals surface area contributed by atoms with Crippen molar-refractivity contribution in [1.82, 2.24) is 0 Å². The lowest BCUT2D eigenvalue weighted by atomic mass is 9.82. The van der Waals surface area contributed by atoms with Gasteiger partial charge in [-0.25, -0.2) is 0 Å². The molecule has 0 radical (unpaired) electrons. The van der Waals surface area contributed by atoms with E-state index in [2.05, 4.69) is 116 Å². The highest BCUT2D eigenvalue weighted by Gasteiger charge is 2.29. The van der Waals surface area contributed by atoms with Crippen LogP contribution in [0.15, 0.2) is 84.7 Å². The lowest BCUT2D eigenvalue weighted by Gasteiger charge is -2.21. The predicted octanol–water partition coefficient (Wildman–Crippen LogP) is 8.40. The first-order valence-electron chi connectivity index (χ1n) is 13.4. The first kappa shape index (κ1) is 21.9. The van der Waals surface area contributed by atoms with Crippen LogP contribution in [-0.2, 0) is 6.42 Å². The first-order valence-corrected chi connectivity index (χ1v) is 14.2. The molecule has 1 heterocycles. The van der Waals surface area contributed by atoms with Gasteiger partial charge in [0, 0.05) is 26.4 Å². The minimum Gasteiger partial charge on any atom is -0.134 e. The van der Waals surface area contributed by atoms with Gasteiger partial charge in [0.15, 0.2) is 0 Å². The third-order valence-corrected chi connectivity index (χ3v) is 9.61. The van der Waals surface area contributed by atoms with Crippen molar-refractivity contribution in [3.05, 3.63) is 133 Å². The summed E-state index contributed by atoms with van der Waals surface area (Å²) in [5.41, 5.74) is 17.0. The highest BCUT2D eigenvalue weighted by Crippen LogP contribution is 2.49. The second-order valence-electron chi connectivity index (χ2n) is 10.6. The number of hydrogen-bond donors (Lipinski definition) is 0. The zero-order chi connectivity index (χ0) is 25.4. The Bertz CT molecular complexity index is 2030. The van der Waals surface area contributed by atoms with Crippen LogP contribution in [0, 0.1) is 0 Å². The Labute approximate surface area is 227 Å². The van der Waals surface area contributed by atoms with Crippen LogP contribution in [0.1, 0.15) is 57.5 Å². The molecule has 1 aromatic heterocycles. The normalized spacial score (nSPS) is 19.9. The third-order valence-electron chi connectivity index (χ3n) is 8.49. The van der Waals surface area contributed by atoms with Gasteiger partial charge in [0.25, 0.3) is 0 Å². The standard InChI is InChI=1S/C37H26S/c1-22-9-5-12-25(22)26-11-4-3-10-24(26)21-32-27-13-6-14-28(27)36(31-20-19-23(2)35(31)32)30-16-8-18-34-37(30)29-15-7-17-33(29)38-34/h3-6,8-11,14-21,23H,1,12-13H2,2H3/b24-21?,26-25-. The Morgan fingerprint density at radius 1 is 0.921 bits per heavy atom. The van der Waals surface area contributed by atoms with Gasteiger partial charge in [-0.2, -0.15) is 0 Å². The van der Waals surface area contributed by atoms with Crippen molar-refractivity contribution in [2.24, 2.45) is 0 Å². The van der Waals surface area contributed by atoms with Gasteiger partial charge in [-0.05, 0) is 97.7 Å². The quantitative estimate of drug-likeness (QED) is 0.213. The highest BCUT2D eigenvalue weighted by molar-refractivity contribution is 7.20. The molecule has 3 aromatic carbocycles. The Morgan fingerprint density at radius 2 is 1.82 bits per heavy atom. The van der Waals surface area contributed by atoms with Gasteiger partial charge in [0.1, 0.15) is 0 Å². The fourth-order valence-electron chi connectivity index (χ4n) is 6.77. The maximum Gasteiger partial charge on any atom is 0.0438 e. The summed E-state index contributed by atoms with van der Waals surface area (Å²) in [4.78, 5) is 1.32. The maximum absolute atomic E-state index is 4.31. The predicted molar refractivity (Wildman–Crippen MR) is 165 cm³/mol. The maximum atomic E-state index is 4.31. The number of thiophene rings is 1. The van der Waals surface area contributed by atoms with Crippen LogP contribution in [0.4, 0.5) is 0 Å². The molecule has 0 saturated heterocycles. The Hall–Kier alpha value is -4.16. The summed E-state index contributed by atoms with van der Waals surface area (Å²) in [6.07, 6.45) is 22.5. The molecule has 4 aliphatic rings. The smallest absolute Gasteiger partial charge is 0.0438 e. The van der Waals surface area contributed by atoms with Gasteiger partial charge in [0.05, 0.1) is 0 Å². The molecule has 0 amide bonds. The van der Waals surface area contributed by atoms with Gasteiger partial charge in [-0.3, -0.25) is 0 Å². The molecular weight excluding hydrogens is 476 g/mol. The number of hydrogen-bond acceptors (Lipinski definition) is 1. The van der Waals surface area contributed by atoms with E-state index in [4.69, 9.17) is 0 Å². The number of benzene rings is 3. The van der Waals surface area contributed by atoms with E-state index in [-0.39, 0.29) is 0 Å².